The number of rotatable bonds is 3. The van der Waals surface area contributed by atoms with Gasteiger partial charge in [0, 0.05) is 13.2 Å². The second kappa shape index (κ2) is 3.87. The van der Waals surface area contributed by atoms with E-state index in [4.69, 9.17) is 9.84 Å². The molecule has 4 heteroatoms. The Balaban J connectivity index is 2.39. The molecule has 1 aliphatic heterocycles. The normalized spacial score (nSPS) is 28.8. The van der Waals surface area contributed by atoms with Crippen molar-refractivity contribution in [2.75, 3.05) is 19.8 Å². The van der Waals surface area contributed by atoms with Gasteiger partial charge in [-0.1, -0.05) is 0 Å². The zero-order valence-electron chi connectivity index (χ0n) is 7.30. The maximum Gasteiger partial charge on any atom is 0.252 e. The fourth-order valence-corrected chi connectivity index (χ4v) is 1.31. The Morgan fingerprint density at radius 2 is 2.50 bits per heavy atom. The number of aliphatic hydroxyl groups excluding tert-OH is 1. The molecule has 0 spiro atoms. The molecule has 1 aliphatic rings. The van der Waals surface area contributed by atoms with Gasteiger partial charge in [0.1, 0.15) is 5.60 Å². The van der Waals surface area contributed by atoms with E-state index in [1.54, 1.807) is 6.92 Å². The first-order chi connectivity index (χ1) is 5.69. The molecule has 0 aromatic carbocycles. The number of carbonyl (C=O) groups is 1. The predicted molar refractivity (Wildman–Crippen MR) is 43.7 cm³/mol. The fraction of sp³-hybridized carbons (Fsp3) is 0.875. The van der Waals surface area contributed by atoms with Gasteiger partial charge in [-0.15, -0.1) is 0 Å². The molecule has 0 aliphatic carbocycles. The average Bonchev–Trinajstić information content (AvgIpc) is 2.49. The van der Waals surface area contributed by atoms with Crippen LogP contribution in [0.2, 0.25) is 0 Å². The summed E-state index contributed by atoms with van der Waals surface area (Å²) < 4.78 is 5.31. The summed E-state index contributed by atoms with van der Waals surface area (Å²) in [5.41, 5.74) is -0.658. The highest BCUT2D eigenvalue weighted by atomic mass is 16.5. The lowest BCUT2D eigenvalue weighted by molar-refractivity contribution is -0.139. The van der Waals surface area contributed by atoms with Gasteiger partial charge < -0.3 is 15.2 Å². The summed E-state index contributed by atoms with van der Waals surface area (Å²) in [7, 11) is 0. The highest BCUT2D eigenvalue weighted by Crippen LogP contribution is 2.24. The molecule has 1 rings (SSSR count). The van der Waals surface area contributed by atoms with Crippen molar-refractivity contribution in [2.24, 2.45) is 0 Å². The van der Waals surface area contributed by atoms with Crippen molar-refractivity contribution >= 4 is 5.91 Å². The van der Waals surface area contributed by atoms with Crippen molar-refractivity contribution in [3.8, 4) is 0 Å². The second-order valence-corrected chi connectivity index (χ2v) is 3.16. The highest BCUT2D eigenvalue weighted by molar-refractivity contribution is 5.84. The van der Waals surface area contributed by atoms with E-state index in [-0.39, 0.29) is 12.5 Å². The molecule has 0 aromatic rings. The van der Waals surface area contributed by atoms with Gasteiger partial charge in [0.2, 0.25) is 0 Å². The number of ether oxygens (including phenoxy) is 1. The third-order valence-corrected chi connectivity index (χ3v) is 2.10. The van der Waals surface area contributed by atoms with Crippen molar-refractivity contribution in [1.29, 1.82) is 0 Å². The molecular weight excluding hydrogens is 158 g/mol. The quantitative estimate of drug-likeness (QED) is 0.614. The van der Waals surface area contributed by atoms with Gasteiger partial charge in [-0.2, -0.15) is 0 Å². The number of hydrogen-bond donors (Lipinski definition) is 2. The smallest absolute Gasteiger partial charge is 0.252 e. The van der Waals surface area contributed by atoms with Crippen LogP contribution in [0.3, 0.4) is 0 Å². The first-order valence-corrected chi connectivity index (χ1v) is 4.22. The molecule has 0 saturated carbocycles. The number of hydrogen-bond acceptors (Lipinski definition) is 3. The molecule has 1 atom stereocenters. The molecule has 0 bridgehead atoms. The van der Waals surface area contributed by atoms with E-state index < -0.39 is 5.60 Å². The number of amides is 1. The summed E-state index contributed by atoms with van der Waals surface area (Å²) in [6, 6.07) is 0. The third-order valence-electron chi connectivity index (χ3n) is 2.10. The van der Waals surface area contributed by atoms with Crippen molar-refractivity contribution < 1.29 is 14.6 Å². The Morgan fingerprint density at radius 3 is 3.00 bits per heavy atom. The van der Waals surface area contributed by atoms with Crippen LogP contribution < -0.4 is 5.32 Å². The van der Waals surface area contributed by atoms with Crippen LogP contribution >= 0.6 is 0 Å². The van der Waals surface area contributed by atoms with E-state index in [2.05, 4.69) is 5.32 Å². The van der Waals surface area contributed by atoms with Crippen LogP contribution in [-0.2, 0) is 9.53 Å². The van der Waals surface area contributed by atoms with Gasteiger partial charge in [0.05, 0.1) is 6.61 Å². The lowest BCUT2D eigenvalue weighted by Crippen LogP contribution is -2.44. The number of carbonyl (C=O) groups excluding carboxylic acids is 1. The van der Waals surface area contributed by atoms with Crippen LogP contribution in [0, 0.1) is 0 Å². The molecule has 1 amide bonds. The lowest BCUT2D eigenvalue weighted by Gasteiger charge is -2.21. The summed E-state index contributed by atoms with van der Waals surface area (Å²) in [5, 5.41) is 11.1. The zero-order valence-corrected chi connectivity index (χ0v) is 7.30. The van der Waals surface area contributed by atoms with E-state index >= 15 is 0 Å². The minimum absolute atomic E-state index is 0.0260. The maximum absolute atomic E-state index is 11.4. The highest BCUT2D eigenvalue weighted by Gasteiger charge is 2.37. The first kappa shape index (κ1) is 9.48. The Kier molecular flexibility index (Phi) is 3.05. The topological polar surface area (TPSA) is 58.6 Å². The van der Waals surface area contributed by atoms with E-state index in [0.717, 1.165) is 12.8 Å². The van der Waals surface area contributed by atoms with E-state index in [1.165, 1.54) is 0 Å². The monoisotopic (exact) mass is 173 g/mol. The molecule has 4 nitrogen and oxygen atoms in total. The average molecular weight is 173 g/mol. The Hall–Kier alpha value is -0.610. The molecule has 1 fully saturated rings. The van der Waals surface area contributed by atoms with E-state index in [9.17, 15) is 4.79 Å². The van der Waals surface area contributed by atoms with Crippen molar-refractivity contribution in [2.45, 2.75) is 25.4 Å². The fourth-order valence-electron chi connectivity index (χ4n) is 1.31. The first-order valence-electron chi connectivity index (χ1n) is 4.22. The molecule has 1 unspecified atom stereocenters. The Labute approximate surface area is 71.9 Å². The maximum atomic E-state index is 11.4. The van der Waals surface area contributed by atoms with Gasteiger partial charge in [0.25, 0.3) is 5.91 Å². The van der Waals surface area contributed by atoms with Gasteiger partial charge in [0.15, 0.2) is 0 Å². The van der Waals surface area contributed by atoms with Gasteiger partial charge >= 0.3 is 0 Å². The Morgan fingerprint density at radius 1 is 1.75 bits per heavy atom. The summed E-state index contributed by atoms with van der Waals surface area (Å²) in [6.45, 7) is 2.72. The van der Waals surface area contributed by atoms with Crippen molar-refractivity contribution in [3.05, 3.63) is 0 Å². The molecule has 12 heavy (non-hydrogen) atoms. The molecule has 0 radical (unpaired) electrons. The largest absolute Gasteiger partial charge is 0.395 e. The summed E-state index contributed by atoms with van der Waals surface area (Å²) >= 11 is 0. The minimum Gasteiger partial charge on any atom is -0.395 e. The number of nitrogens with one attached hydrogen (secondary N) is 1. The van der Waals surface area contributed by atoms with Gasteiger partial charge in [-0.25, -0.2) is 0 Å². The second-order valence-electron chi connectivity index (χ2n) is 3.16. The van der Waals surface area contributed by atoms with Crippen LogP contribution in [0.1, 0.15) is 19.8 Å². The molecule has 1 saturated heterocycles. The Bertz CT molecular complexity index is 164. The van der Waals surface area contributed by atoms with Crippen LogP contribution in [0.15, 0.2) is 0 Å². The summed E-state index contributed by atoms with van der Waals surface area (Å²) in [4.78, 5) is 11.4. The molecule has 0 aromatic heterocycles. The van der Waals surface area contributed by atoms with Crippen LogP contribution in [0.4, 0.5) is 0 Å². The zero-order chi connectivity index (χ0) is 9.03. The molecule has 1 heterocycles. The SMILES string of the molecule is CC1(C(=O)NCCO)CCCO1. The van der Waals surface area contributed by atoms with Crippen molar-refractivity contribution in [1.82, 2.24) is 5.32 Å². The lowest BCUT2D eigenvalue weighted by atomic mass is 10.0. The van der Waals surface area contributed by atoms with Gasteiger partial charge in [-0.05, 0) is 19.8 Å². The third kappa shape index (κ3) is 1.95. The van der Waals surface area contributed by atoms with E-state index in [1.807, 2.05) is 0 Å². The van der Waals surface area contributed by atoms with Crippen molar-refractivity contribution in [3.63, 3.8) is 0 Å². The van der Waals surface area contributed by atoms with Crippen LogP contribution in [0.25, 0.3) is 0 Å². The summed E-state index contributed by atoms with van der Waals surface area (Å²) in [5.74, 6) is -0.117. The minimum atomic E-state index is -0.658. The summed E-state index contributed by atoms with van der Waals surface area (Å²) in [6.07, 6.45) is 1.70. The molecule has 70 valence electrons. The van der Waals surface area contributed by atoms with E-state index in [0.29, 0.717) is 13.2 Å². The van der Waals surface area contributed by atoms with Crippen LogP contribution in [0.5, 0.6) is 0 Å². The molecular formula is C8H15NO3. The predicted octanol–water partition coefficient (Wildman–Crippen LogP) is -0.336. The molecule has 2 N–H and O–H groups in total. The standard InChI is InChI=1S/C8H15NO3/c1-8(3-2-6-12-8)7(11)9-4-5-10/h10H,2-6H2,1H3,(H,9,11). The van der Waals surface area contributed by atoms with Crippen LogP contribution in [-0.4, -0.2) is 36.4 Å². The number of aliphatic hydroxyl groups is 1. The van der Waals surface area contributed by atoms with Gasteiger partial charge in [-0.3, -0.25) is 4.79 Å².